The standard InChI is InChI=1S/C15H18N2O3/c1-9-5-7-10(8-6-9)13-11-3-2-4-12(17(19)20)14(11)16-15(13)18/h2-4,9-10,13H,5-8H2,1H3,(H,16,18). The number of carbonyl (C=O) groups is 1. The largest absolute Gasteiger partial charge is 0.320 e. The van der Waals surface area contributed by atoms with Crippen LogP contribution in [0, 0.1) is 22.0 Å². The van der Waals surface area contributed by atoms with Crippen molar-refractivity contribution in [2.24, 2.45) is 11.8 Å². The minimum Gasteiger partial charge on any atom is -0.320 e. The van der Waals surface area contributed by atoms with Crippen LogP contribution in [0.4, 0.5) is 11.4 Å². The number of amides is 1. The average molecular weight is 274 g/mol. The zero-order valence-corrected chi connectivity index (χ0v) is 11.5. The number of hydrogen-bond acceptors (Lipinski definition) is 3. The van der Waals surface area contributed by atoms with E-state index in [1.165, 1.54) is 6.07 Å². The number of hydrogen-bond donors (Lipinski definition) is 1. The van der Waals surface area contributed by atoms with Gasteiger partial charge in [0.2, 0.25) is 5.91 Å². The first-order chi connectivity index (χ1) is 9.58. The molecule has 1 heterocycles. The lowest BCUT2D eigenvalue weighted by molar-refractivity contribution is -0.383. The van der Waals surface area contributed by atoms with Crippen molar-refractivity contribution in [2.75, 3.05) is 5.32 Å². The predicted octanol–water partition coefficient (Wildman–Crippen LogP) is 3.46. The highest BCUT2D eigenvalue weighted by molar-refractivity contribution is 6.05. The second-order valence-electron chi connectivity index (χ2n) is 5.99. The van der Waals surface area contributed by atoms with Crippen LogP contribution in [0.15, 0.2) is 18.2 Å². The Bertz CT molecular complexity index is 562. The Morgan fingerprint density at radius 3 is 2.60 bits per heavy atom. The van der Waals surface area contributed by atoms with Crippen LogP contribution in [0.1, 0.15) is 44.1 Å². The van der Waals surface area contributed by atoms with Crippen molar-refractivity contribution in [1.29, 1.82) is 0 Å². The van der Waals surface area contributed by atoms with E-state index in [1.807, 2.05) is 6.07 Å². The van der Waals surface area contributed by atoms with Crippen LogP contribution < -0.4 is 5.32 Å². The van der Waals surface area contributed by atoms with Crippen molar-refractivity contribution in [1.82, 2.24) is 0 Å². The third-order valence-electron chi connectivity index (χ3n) is 4.67. The van der Waals surface area contributed by atoms with Crippen LogP contribution >= 0.6 is 0 Å². The van der Waals surface area contributed by atoms with Gasteiger partial charge in [0, 0.05) is 6.07 Å². The van der Waals surface area contributed by atoms with E-state index in [2.05, 4.69) is 12.2 Å². The molecule has 1 N–H and O–H groups in total. The zero-order chi connectivity index (χ0) is 14.3. The summed E-state index contributed by atoms with van der Waals surface area (Å²) in [6, 6.07) is 4.98. The molecule has 0 bridgehead atoms. The van der Waals surface area contributed by atoms with Crippen molar-refractivity contribution in [2.45, 2.75) is 38.5 Å². The van der Waals surface area contributed by atoms with E-state index in [1.54, 1.807) is 6.07 Å². The van der Waals surface area contributed by atoms with Crippen molar-refractivity contribution in [3.8, 4) is 0 Å². The first kappa shape index (κ1) is 13.1. The van der Waals surface area contributed by atoms with Gasteiger partial charge in [-0.1, -0.05) is 31.9 Å². The molecule has 1 aromatic carbocycles. The van der Waals surface area contributed by atoms with Crippen LogP contribution in [0.5, 0.6) is 0 Å². The second kappa shape index (κ2) is 4.89. The van der Waals surface area contributed by atoms with Crippen LogP contribution in [0.2, 0.25) is 0 Å². The molecule has 0 spiro atoms. The Kier molecular flexibility index (Phi) is 3.20. The molecule has 3 rings (SSSR count). The Hall–Kier alpha value is -1.91. The molecule has 1 amide bonds. The van der Waals surface area contributed by atoms with Gasteiger partial charge in [0.05, 0.1) is 10.8 Å². The molecule has 1 aliphatic heterocycles. The Morgan fingerprint density at radius 1 is 1.25 bits per heavy atom. The van der Waals surface area contributed by atoms with Gasteiger partial charge in [-0.15, -0.1) is 0 Å². The second-order valence-corrected chi connectivity index (χ2v) is 5.99. The zero-order valence-electron chi connectivity index (χ0n) is 11.5. The van der Waals surface area contributed by atoms with Crippen LogP contribution in [0.3, 0.4) is 0 Å². The van der Waals surface area contributed by atoms with Gasteiger partial charge in [0.15, 0.2) is 0 Å². The van der Waals surface area contributed by atoms with Crippen molar-refractivity contribution < 1.29 is 9.72 Å². The molecule has 106 valence electrons. The molecular formula is C15H18N2O3. The van der Waals surface area contributed by atoms with E-state index in [-0.39, 0.29) is 17.5 Å². The SMILES string of the molecule is CC1CCC(C2C(=O)Nc3c2cccc3[N+](=O)[O-])CC1. The number of nitro groups is 1. The van der Waals surface area contributed by atoms with Gasteiger partial charge in [-0.25, -0.2) is 0 Å². The van der Waals surface area contributed by atoms with Gasteiger partial charge in [-0.2, -0.15) is 0 Å². The molecule has 1 saturated carbocycles. The molecule has 0 radical (unpaired) electrons. The first-order valence-corrected chi connectivity index (χ1v) is 7.16. The van der Waals surface area contributed by atoms with Gasteiger partial charge >= 0.3 is 0 Å². The van der Waals surface area contributed by atoms with E-state index in [9.17, 15) is 14.9 Å². The summed E-state index contributed by atoms with van der Waals surface area (Å²) >= 11 is 0. The molecule has 1 aromatic rings. The topological polar surface area (TPSA) is 72.2 Å². The number of nitrogens with zero attached hydrogens (tertiary/aromatic N) is 1. The number of carbonyl (C=O) groups excluding carboxylic acids is 1. The molecule has 0 saturated heterocycles. The molecule has 5 heteroatoms. The minimum absolute atomic E-state index is 0.00234. The van der Waals surface area contributed by atoms with E-state index in [4.69, 9.17) is 0 Å². The van der Waals surface area contributed by atoms with E-state index in [0.717, 1.165) is 37.2 Å². The number of para-hydroxylation sites is 1. The summed E-state index contributed by atoms with van der Waals surface area (Å²) in [5.41, 5.74) is 1.22. The number of anilines is 1. The lowest BCUT2D eigenvalue weighted by Crippen LogP contribution is -2.24. The number of rotatable bonds is 2. The summed E-state index contributed by atoms with van der Waals surface area (Å²) in [4.78, 5) is 22.9. The van der Waals surface area contributed by atoms with Crippen molar-refractivity contribution in [3.05, 3.63) is 33.9 Å². The number of nitro benzene ring substituents is 1. The van der Waals surface area contributed by atoms with Gasteiger partial charge < -0.3 is 5.32 Å². The molecule has 5 nitrogen and oxygen atoms in total. The maximum Gasteiger partial charge on any atom is 0.293 e. The van der Waals surface area contributed by atoms with Crippen LogP contribution in [-0.4, -0.2) is 10.8 Å². The molecule has 20 heavy (non-hydrogen) atoms. The fourth-order valence-corrected chi connectivity index (χ4v) is 3.53. The summed E-state index contributed by atoms with van der Waals surface area (Å²) in [5, 5.41) is 13.8. The lowest BCUT2D eigenvalue weighted by Gasteiger charge is -2.29. The van der Waals surface area contributed by atoms with Gasteiger partial charge in [0.1, 0.15) is 5.69 Å². The monoisotopic (exact) mass is 274 g/mol. The Labute approximate surface area is 117 Å². The fraction of sp³-hybridized carbons (Fsp3) is 0.533. The summed E-state index contributed by atoms with van der Waals surface area (Å²) in [6.45, 7) is 2.24. The fourth-order valence-electron chi connectivity index (χ4n) is 3.53. The lowest BCUT2D eigenvalue weighted by atomic mass is 9.74. The third-order valence-corrected chi connectivity index (χ3v) is 4.67. The Morgan fingerprint density at radius 2 is 1.95 bits per heavy atom. The smallest absolute Gasteiger partial charge is 0.293 e. The number of benzene rings is 1. The summed E-state index contributed by atoms with van der Waals surface area (Å²) in [6.07, 6.45) is 4.33. The van der Waals surface area contributed by atoms with E-state index >= 15 is 0 Å². The van der Waals surface area contributed by atoms with Crippen LogP contribution in [0.25, 0.3) is 0 Å². The van der Waals surface area contributed by atoms with Crippen LogP contribution in [-0.2, 0) is 4.79 Å². The minimum atomic E-state index is -0.426. The molecule has 1 unspecified atom stereocenters. The molecular weight excluding hydrogens is 256 g/mol. The molecule has 1 aliphatic carbocycles. The van der Waals surface area contributed by atoms with Crippen molar-refractivity contribution in [3.63, 3.8) is 0 Å². The van der Waals surface area contributed by atoms with E-state index < -0.39 is 4.92 Å². The molecule has 1 atom stereocenters. The summed E-state index contributed by atoms with van der Waals surface area (Å²) in [5.74, 6) is 0.751. The van der Waals surface area contributed by atoms with Gasteiger partial charge in [-0.05, 0) is 30.2 Å². The summed E-state index contributed by atoms with van der Waals surface area (Å²) in [7, 11) is 0. The van der Waals surface area contributed by atoms with Crippen molar-refractivity contribution >= 4 is 17.3 Å². The van der Waals surface area contributed by atoms with Gasteiger partial charge in [0.25, 0.3) is 5.69 Å². The highest BCUT2D eigenvalue weighted by Crippen LogP contribution is 2.46. The quantitative estimate of drug-likeness (QED) is 0.663. The molecule has 2 aliphatic rings. The highest BCUT2D eigenvalue weighted by Gasteiger charge is 2.40. The normalized spacial score (nSPS) is 28.9. The molecule has 1 fully saturated rings. The summed E-state index contributed by atoms with van der Waals surface area (Å²) < 4.78 is 0. The predicted molar refractivity (Wildman–Crippen MR) is 75.6 cm³/mol. The maximum atomic E-state index is 12.3. The van der Waals surface area contributed by atoms with Gasteiger partial charge in [-0.3, -0.25) is 14.9 Å². The number of fused-ring (bicyclic) bond motifs is 1. The average Bonchev–Trinajstić information content (AvgIpc) is 2.75. The third kappa shape index (κ3) is 2.07. The number of nitrogens with one attached hydrogen (secondary N) is 1. The van der Waals surface area contributed by atoms with E-state index in [0.29, 0.717) is 11.6 Å². The first-order valence-electron chi connectivity index (χ1n) is 7.16. The maximum absolute atomic E-state index is 12.3. The Balaban J connectivity index is 1.94. The molecule has 0 aromatic heterocycles. The highest BCUT2D eigenvalue weighted by atomic mass is 16.6.